The van der Waals surface area contributed by atoms with Crippen LogP contribution in [0.25, 0.3) is 0 Å². The molecule has 1 atom stereocenters. The minimum Gasteiger partial charge on any atom is -0.445 e. The summed E-state index contributed by atoms with van der Waals surface area (Å²) < 4.78 is 27.6. The van der Waals surface area contributed by atoms with Gasteiger partial charge in [0.15, 0.2) is 9.84 Å². The lowest BCUT2D eigenvalue weighted by Crippen LogP contribution is -2.29. The van der Waals surface area contributed by atoms with Crippen molar-refractivity contribution in [2.45, 2.75) is 46.1 Å². The Hall–Kier alpha value is -1.30. The first-order chi connectivity index (χ1) is 9.78. The highest BCUT2D eigenvalue weighted by Gasteiger charge is 2.30. The van der Waals surface area contributed by atoms with Crippen molar-refractivity contribution in [1.82, 2.24) is 5.32 Å². The molecule has 0 aliphatic carbocycles. The molecule has 0 radical (unpaired) electrons. The first kappa shape index (κ1) is 17.8. The molecule has 1 aliphatic heterocycles. The Balaban J connectivity index is 2.22. The smallest absolute Gasteiger partial charge is 0.407 e. The lowest BCUT2D eigenvalue weighted by molar-refractivity contribution is 0.111. The van der Waals surface area contributed by atoms with E-state index in [1.807, 2.05) is 13.0 Å². The molecule has 1 saturated heterocycles. The Bertz CT molecular complexity index is 516. The van der Waals surface area contributed by atoms with Gasteiger partial charge in [-0.15, -0.1) is 0 Å². The summed E-state index contributed by atoms with van der Waals surface area (Å²) in [6.45, 7) is 6.56. The average Bonchev–Trinajstić information content (AvgIpc) is 2.68. The van der Waals surface area contributed by atoms with Crippen LogP contribution in [-0.2, 0) is 14.6 Å². The van der Waals surface area contributed by atoms with Gasteiger partial charge in [0, 0.05) is 6.54 Å². The Kier molecular flexibility index (Phi) is 6.95. The number of amides is 1. The van der Waals surface area contributed by atoms with Crippen LogP contribution in [0.1, 0.15) is 40.0 Å². The van der Waals surface area contributed by atoms with Gasteiger partial charge in [-0.3, -0.25) is 0 Å². The maximum Gasteiger partial charge on any atom is 0.407 e. The fraction of sp³-hybridized carbons (Fsp3) is 0.667. The first-order valence-electron chi connectivity index (χ1n) is 7.22. The van der Waals surface area contributed by atoms with E-state index in [2.05, 4.69) is 25.2 Å². The normalized spacial score (nSPS) is 20.9. The van der Waals surface area contributed by atoms with E-state index in [-0.39, 0.29) is 11.5 Å². The average molecular weight is 315 g/mol. The highest BCUT2D eigenvalue weighted by atomic mass is 32.2. The third-order valence-corrected chi connectivity index (χ3v) is 4.99. The van der Waals surface area contributed by atoms with Crippen molar-refractivity contribution < 1.29 is 17.9 Å². The minimum atomic E-state index is -3.01. The Morgan fingerprint density at radius 2 is 2.00 bits per heavy atom. The van der Waals surface area contributed by atoms with Gasteiger partial charge in [0.05, 0.1) is 11.5 Å². The second kappa shape index (κ2) is 8.22. The molecule has 1 heterocycles. The summed E-state index contributed by atoms with van der Waals surface area (Å²) in [5.74, 6) is 0.0479. The molecule has 120 valence electrons. The fourth-order valence-corrected chi connectivity index (χ4v) is 3.64. The summed E-state index contributed by atoms with van der Waals surface area (Å²) in [4.78, 5) is 11.5. The molecule has 6 heteroatoms. The number of sulfone groups is 1. The van der Waals surface area contributed by atoms with Crippen LogP contribution >= 0.6 is 0 Å². The van der Waals surface area contributed by atoms with Crippen molar-refractivity contribution in [3.05, 3.63) is 23.3 Å². The summed E-state index contributed by atoms with van der Waals surface area (Å²) >= 11 is 0. The predicted octanol–water partition coefficient (Wildman–Crippen LogP) is 2.59. The molecule has 0 bridgehead atoms. The summed E-state index contributed by atoms with van der Waals surface area (Å²) in [5.41, 5.74) is 2.51. The number of carbonyl (C=O) groups is 1. The molecule has 0 aromatic carbocycles. The van der Waals surface area contributed by atoms with Gasteiger partial charge in [0.25, 0.3) is 0 Å². The minimum absolute atomic E-state index is 0.0575. The molecule has 0 aromatic rings. The number of allylic oxidation sites excluding steroid dienone is 3. The number of alkyl carbamates (subject to hydrolysis) is 1. The van der Waals surface area contributed by atoms with Crippen LogP contribution in [0.3, 0.4) is 0 Å². The van der Waals surface area contributed by atoms with Crippen molar-refractivity contribution >= 4 is 15.9 Å². The van der Waals surface area contributed by atoms with Gasteiger partial charge < -0.3 is 10.1 Å². The molecule has 1 N–H and O–H groups in total. The number of nitrogens with one attached hydrogen (secondary N) is 1. The van der Waals surface area contributed by atoms with Crippen LogP contribution in [-0.4, -0.2) is 38.7 Å². The van der Waals surface area contributed by atoms with Crippen LogP contribution < -0.4 is 5.32 Å². The van der Waals surface area contributed by atoms with Crippen molar-refractivity contribution in [2.75, 3.05) is 18.1 Å². The summed E-state index contributed by atoms with van der Waals surface area (Å²) in [5, 5.41) is 2.62. The Morgan fingerprint density at radius 1 is 1.29 bits per heavy atom. The van der Waals surface area contributed by atoms with E-state index in [1.54, 1.807) is 0 Å². The second-order valence-corrected chi connectivity index (χ2v) is 7.91. The number of ether oxygens (including phenoxy) is 1. The monoisotopic (exact) mass is 315 g/mol. The third kappa shape index (κ3) is 7.90. The summed E-state index contributed by atoms with van der Waals surface area (Å²) in [7, 11) is -3.01. The second-order valence-electron chi connectivity index (χ2n) is 5.68. The predicted molar refractivity (Wildman–Crippen MR) is 84.0 cm³/mol. The van der Waals surface area contributed by atoms with Gasteiger partial charge in [0.2, 0.25) is 0 Å². The maximum absolute atomic E-state index is 11.5. The lowest BCUT2D eigenvalue weighted by Gasteiger charge is -2.10. The molecule has 0 spiro atoms. The zero-order valence-corrected chi connectivity index (χ0v) is 13.8. The molecule has 1 unspecified atom stereocenters. The van der Waals surface area contributed by atoms with Crippen molar-refractivity contribution in [3.63, 3.8) is 0 Å². The molecule has 1 rings (SSSR count). The van der Waals surface area contributed by atoms with E-state index in [0.29, 0.717) is 13.0 Å². The summed E-state index contributed by atoms with van der Waals surface area (Å²) in [6.07, 6.45) is 5.43. The molecule has 1 aliphatic rings. The molecule has 21 heavy (non-hydrogen) atoms. The molecule has 5 nitrogen and oxygen atoms in total. The Labute approximate surface area is 127 Å². The number of rotatable bonds is 6. The SMILES string of the molecule is CC(C)=CCCC(C)=CCNC(=O)OC1CCS(=O)(=O)C1. The van der Waals surface area contributed by atoms with Gasteiger partial charge in [0.1, 0.15) is 6.10 Å². The van der Waals surface area contributed by atoms with E-state index >= 15 is 0 Å². The topological polar surface area (TPSA) is 72.5 Å². The van der Waals surface area contributed by atoms with Crippen LogP contribution in [0.15, 0.2) is 23.3 Å². The van der Waals surface area contributed by atoms with Crippen molar-refractivity contribution in [2.24, 2.45) is 0 Å². The molecular weight excluding hydrogens is 290 g/mol. The largest absolute Gasteiger partial charge is 0.445 e. The molecular formula is C15H25NO4S. The van der Waals surface area contributed by atoms with Gasteiger partial charge in [-0.05, 0) is 40.0 Å². The highest BCUT2D eigenvalue weighted by molar-refractivity contribution is 7.91. The standard InChI is InChI=1S/C15H25NO4S/c1-12(2)5-4-6-13(3)7-9-16-15(17)20-14-8-10-21(18,19)11-14/h5,7,14H,4,6,8-11H2,1-3H3,(H,16,17). The zero-order valence-electron chi connectivity index (χ0n) is 13.0. The van der Waals surface area contributed by atoms with E-state index in [0.717, 1.165) is 12.8 Å². The van der Waals surface area contributed by atoms with Gasteiger partial charge in [-0.25, -0.2) is 13.2 Å². The molecule has 1 amide bonds. The number of hydrogen-bond acceptors (Lipinski definition) is 4. The number of hydrogen-bond donors (Lipinski definition) is 1. The highest BCUT2D eigenvalue weighted by Crippen LogP contribution is 2.14. The lowest BCUT2D eigenvalue weighted by atomic mass is 10.1. The fourth-order valence-electron chi connectivity index (χ4n) is 2.05. The van der Waals surface area contributed by atoms with Crippen molar-refractivity contribution in [3.8, 4) is 0 Å². The van der Waals surface area contributed by atoms with E-state index < -0.39 is 22.0 Å². The quantitative estimate of drug-likeness (QED) is 0.765. The van der Waals surface area contributed by atoms with Gasteiger partial charge >= 0.3 is 6.09 Å². The van der Waals surface area contributed by atoms with Crippen LogP contribution in [0, 0.1) is 0 Å². The van der Waals surface area contributed by atoms with Crippen LogP contribution in [0.4, 0.5) is 4.79 Å². The van der Waals surface area contributed by atoms with Gasteiger partial charge in [-0.1, -0.05) is 23.3 Å². The van der Waals surface area contributed by atoms with Crippen molar-refractivity contribution in [1.29, 1.82) is 0 Å². The van der Waals surface area contributed by atoms with E-state index in [9.17, 15) is 13.2 Å². The van der Waals surface area contributed by atoms with Crippen LogP contribution in [0.2, 0.25) is 0 Å². The zero-order chi connectivity index (χ0) is 15.9. The summed E-state index contributed by atoms with van der Waals surface area (Å²) in [6, 6.07) is 0. The molecule has 0 aromatic heterocycles. The third-order valence-electron chi connectivity index (χ3n) is 3.25. The maximum atomic E-state index is 11.5. The Morgan fingerprint density at radius 3 is 2.57 bits per heavy atom. The van der Waals surface area contributed by atoms with E-state index in [4.69, 9.17) is 4.74 Å². The molecule has 0 saturated carbocycles. The molecule has 1 fully saturated rings. The van der Waals surface area contributed by atoms with E-state index in [1.165, 1.54) is 11.1 Å². The van der Waals surface area contributed by atoms with Crippen LogP contribution in [0.5, 0.6) is 0 Å². The first-order valence-corrected chi connectivity index (χ1v) is 9.04. The van der Waals surface area contributed by atoms with Gasteiger partial charge in [-0.2, -0.15) is 0 Å². The number of carbonyl (C=O) groups excluding carboxylic acids is 1.